The SMILES string of the molecule is CC1CCC(OC(=O)O)n2c1nn(Cc1ccc(F)cc1F)c2=O. The molecule has 0 amide bonds. The third kappa shape index (κ3) is 2.89. The van der Waals surface area contributed by atoms with Gasteiger partial charge in [-0.25, -0.2) is 27.6 Å². The van der Waals surface area contributed by atoms with Crippen molar-refractivity contribution < 1.29 is 23.4 Å². The van der Waals surface area contributed by atoms with Crippen molar-refractivity contribution in [3.05, 3.63) is 51.7 Å². The Labute approximate surface area is 135 Å². The zero-order valence-corrected chi connectivity index (χ0v) is 12.8. The molecule has 1 N–H and O–H groups in total. The van der Waals surface area contributed by atoms with E-state index in [4.69, 9.17) is 9.84 Å². The van der Waals surface area contributed by atoms with Crippen LogP contribution in [-0.2, 0) is 11.3 Å². The van der Waals surface area contributed by atoms with Crippen LogP contribution in [0, 0.1) is 11.6 Å². The Morgan fingerprint density at radius 1 is 1.42 bits per heavy atom. The average Bonchev–Trinajstić information content (AvgIpc) is 2.83. The molecule has 0 aliphatic carbocycles. The molecule has 2 heterocycles. The number of ether oxygens (including phenoxy) is 1. The molecule has 0 spiro atoms. The summed E-state index contributed by atoms with van der Waals surface area (Å²) in [5, 5.41) is 13.0. The van der Waals surface area contributed by atoms with Crippen LogP contribution in [0.5, 0.6) is 0 Å². The summed E-state index contributed by atoms with van der Waals surface area (Å²) in [6.07, 6.45) is -1.46. The predicted octanol–water partition coefficient (Wildman–Crippen LogP) is 2.46. The van der Waals surface area contributed by atoms with Crippen LogP contribution in [0.3, 0.4) is 0 Å². The summed E-state index contributed by atoms with van der Waals surface area (Å²) in [6.45, 7) is 1.68. The van der Waals surface area contributed by atoms with E-state index < -0.39 is 29.7 Å². The van der Waals surface area contributed by atoms with Crippen molar-refractivity contribution >= 4 is 6.16 Å². The van der Waals surface area contributed by atoms with Crippen LogP contribution >= 0.6 is 0 Å². The molecule has 0 radical (unpaired) electrons. The largest absolute Gasteiger partial charge is 0.507 e. The van der Waals surface area contributed by atoms with Gasteiger partial charge in [-0.3, -0.25) is 0 Å². The Balaban J connectivity index is 1.99. The summed E-state index contributed by atoms with van der Waals surface area (Å²) >= 11 is 0. The van der Waals surface area contributed by atoms with Crippen LogP contribution in [0.25, 0.3) is 0 Å². The van der Waals surface area contributed by atoms with E-state index in [1.165, 1.54) is 10.6 Å². The molecule has 0 saturated heterocycles. The summed E-state index contributed by atoms with van der Waals surface area (Å²) in [5.74, 6) is -1.17. The molecule has 0 saturated carbocycles. The molecule has 128 valence electrons. The minimum atomic E-state index is -1.48. The molecule has 1 aliphatic heterocycles. The van der Waals surface area contributed by atoms with Crippen molar-refractivity contribution in [2.45, 2.75) is 38.5 Å². The van der Waals surface area contributed by atoms with E-state index >= 15 is 0 Å². The highest BCUT2D eigenvalue weighted by Gasteiger charge is 2.32. The van der Waals surface area contributed by atoms with Gasteiger partial charge in [-0.1, -0.05) is 13.0 Å². The maximum Gasteiger partial charge on any atom is 0.507 e. The first-order valence-corrected chi connectivity index (χ1v) is 7.39. The van der Waals surface area contributed by atoms with E-state index in [1.807, 2.05) is 6.92 Å². The number of carbonyl (C=O) groups is 1. The van der Waals surface area contributed by atoms with Crippen molar-refractivity contribution in [3.63, 3.8) is 0 Å². The second-order valence-electron chi connectivity index (χ2n) is 5.72. The highest BCUT2D eigenvalue weighted by atomic mass is 19.1. The van der Waals surface area contributed by atoms with E-state index in [1.54, 1.807) is 0 Å². The fourth-order valence-electron chi connectivity index (χ4n) is 2.84. The minimum absolute atomic E-state index is 0.0642. The van der Waals surface area contributed by atoms with Crippen LogP contribution in [0.2, 0.25) is 0 Å². The van der Waals surface area contributed by atoms with Crippen molar-refractivity contribution in [2.75, 3.05) is 0 Å². The number of carboxylic acid groups (broad SMARTS) is 1. The quantitative estimate of drug-likeness (QED) is 0.868. The number of nitrogens with zero attached hydrogens (tertiary/aromatic N) is 3. The van der Waals surface area contributed by atoms with E-state index in [9.17, 15) is 18.4 Å². The standard InChI is InChI=1S/C15H15F2N3O4/c1-8-2-5-12(24-15(22)23)20-13(8)18-19(14(20)21)7-9-3-4-10(16)6-11(9)17/h3-4,6,8,12H,2,5,7H2,1H3,(H,22,23). The first-order valence-electron chi connectivity index (χ1n) is 7.39. The lowest BCUT2D eigenvalue weighted by Crippen LogP contribution is -2.33. The van der Waals surface area contributed by atoms with E-state index in [0.29, 0.717) is 18.7 Å². The summed E-state index contributed by atoms with van der Waals surface area (Å²) in [5.41, 5.74) is -0.483. The zero-order chi connectivity index (χ0) is 17.4. The summed E-state index contributed by atoms with van der Waals surface area (Å²) in [4.78, 5) is 23.3. The topological polar surface area (TPSA) is 86.3 Å². The van der Waals surface area contributed by atoms with Gasteiger partial charge in [0.15, 0.2) is 6.23 Å². The van der Waals surface area contributed by atoms with E-state index in [2.05, 4.69) is 5.10 Å². The molecule has 7 nitrogen and oxygen atoms in total. The van der Waals surface area contributed by atoms with Gasteiger partial charge < -0.3 is 9.84 Å². The maximum absolute atomic E-state index is 13.8. The van der Waals surface area contributed by atoms with Gasteiger partial charge in [0, 0.05) is 24.0 Å². The van der Waals surface area contributed by atoms with Gasteiger partial charge in [0.2, 0.25) is 0 Å². The van der Waals surface area contributed by atoms with Gasteiger partial charge in [0.1, 0.15) is 17.5 Å². The summed E-state index contributed by atoms with van der Waals surface area (Å²) in [6, 6.07) is 3.07. The van der Waals surface area contributed by atoms with Crippen LogP contribution < -0.4 is 5.69 Å². The van der Waals surface area contributed by atoms with Crippen molar-refractivity contribution in [2.24, 2.45) is 0 Å². The normalized spacial score (nSPS) is 19.8. The molecule has 0 fully saturated rings. The molecular formula is C15H15F2N3O4. The first-order chi connectivity index (χ1) is 11.4. The molecule has 2 atom stereocenters. The molecule has 2 unspecified atom stereocenters. The smallest absolute Gasteiger partial charge is 0.450 e. The number of halogens is 2. The number of fused-ring (bicyclic) bond motifs is 1. The first kappa shape index (κ1) is 16.2. The number of hydrogen-bond donors (Lipinski definition) is 1. The predicted molar refractivity (Wildman–Crippen MR) is 77.7 cm³/mol. The fraction of sp³-hybridized carbons (Fsp3) is 0.400. The molecule has 2 aromatic rings. The average molecular weight is 339 g/mol. The van der Waals surface area contributed by atoms with Crippen LogP contribution in [0.4, 0.5) is 13.6 Å². The number of rotatable bonds is 3. The van der Waals surface area contributed by atoms with Gasteiger partial charge >= 0.3 is 11.8 Å². The number of benzene rings is 1. The van der Waals surface area contributed by atoms with Gasteiger partial charge in [0.25, 0.3) is 0 Å². The molecule has 9 heteroatoms. The lowest BCUT2D eigenvalue weighted by atomic mass is 10.0. The fourth-order valence-corrected chi connectivity index (χ4v) is 2.84. The second kappa shape index (κ2) is 6.06. The number of aromatic nitrogens is 3. The summed E-state index contributed by atoms with van der Waals surface area (Å²) in [7, 11) is 0. The van der Waals surface area contributed by atoms with Gasteiger partial charge in [-0.15, -0.1) is 0 Å². The Hall–Kier alpha value is -2.71. The molecular weight excluding hydrogens is 324 g/mol. The van der Waals surface area contributed by atoms with Gasteiger partial charge in [-0.2, -0.15) is 5.10 Å². The second-order valence-corrected chi connectivity index (χ2v) is 5.72. The van der Waals surface area contributed by atoms with E-state index in [-0.39, 0.29) is 18.0 Å². The Morgan fingerprint density at radius 2 is 2.17 bits per heavy atom. The minimum Gasteiger partial charge on any atom is -0.450 e. The van der Waals surface area contributed by atoms with Crippen molar-refractivity contribution in [1.82, 2.24) is 14.3 Å². The lowest BCUT2D eigenvalue weighted by Gasteiger charge is -2.25. The maximum atomic E-state index is 13.8. The van der Waals surface area contributed by atoms with Crippen LogP contribution in [0.15, 0.2) is 23.0 Å². The lowest BCUT2D eigenvalue weighted by molar-refractivity contribution is 0.00139. The molecule has 1 aromatic heterocycles. The highest BCUT2D eigenvalue weighted by Crippen LogP contribution is 2.31. The Kier molecular flexibility index (Phi) is 4.08. The Morgan fingerprint density at radius 3 is 2.83 bits per heavy atom. The molecule has 1 aliphatic rings. The van der Waals surface area contributed by atoms with E-state index in [0.717, 1.165) is 16.8 Å². The van der Waals surface area contributed by atoms with Crippen LogP contribution in [-0.4, -0.2) is 25.6 Å². The van der Waals surface area contributed by atoms with Gasteiger partial charge in [0.05, 0.1) is 6.54 Å². The van der Waals surface area contributed by atoms with Crippen molar-refractivity contribution in [3.8, 4) is 0 Å². The molecule has 3 rings (SSSR count). The molecule has 0 bridgehead atoms. The zero-order valence-electron chi connectivity index (χ0n) is 12.8. The summed E-state index contributed by atoms with van der Waals surface area (Å²) < 4.78 is 33.7. The Bertz CT molecular complexity index is 846. The van der Waals surface area contributed by atoms with Crippen molar-refractivity contribution in [1.29, 1.82) is 0 Å². The molecule has 1 aromatic carbocycles. The highest BCUT2D eigenvalue weighted by molar-refractivity contribution is 5.56. The van der Waals surface area contributed by atoms with Crippen LogP contribution in [0.1, 0.15) is 43.3 Å². The van der Waals surface area contributed by atoms with Gasteiger partial charge in [-0.05, 0) is 12.5 Å². The third-order valence-electron chi connectivity index (χ3n) is 4.04. The number of hydrogen-bond acceptors (Lipinski definition) is 4. The monoisotopic (exact) mass is 339 g/mol. The third-order valence-corrected chi connectivity index (χ3v) is 4.04. The molecule has 24 heavy (non-hydrogen) atoms.